The number of halogens is 1. The molecule has 4 N–H and O–H groups in total. The number of aromatic nitrogens is 2. The van der Waals surface area contributed by atoms with Crippen LogP contribution < -0.4 is 16.4 Å². The number of nitrogen functional groups attached to an aromatic ring is 1. The van der Waals surface area contributed by atoms with Crippen LogP contribution in [0.2, 0.25) is 0 Å². The van der Waals surface area contributed by atoms with Crippen LogP contribution in [-0.2, 0) is 17.6 Å². The van der Waals surface area contributed by atoms with Crippen molar-refractivity contribution in [1.29, 1.82) is 5.26 Å². The molecule has 0 radical (unpaired) electrons. The van der Waals surface area contributed by atoms with Gasteiger partial charge in [-0.3, -0.25) is 9.59 Å². The molecule has 0 atom stereocenters. The zero-order valence-electron chi connectivity index (χ0n) is 17.2. The van der Waals surface area contributed by atoms with Crippen LogP contribution >= 0.6 is 0 Å². The molecule has 0 aliphatic carbocycles. The molecule has 0 bridgehead atoms. The summed E-state index contributed by atoms with van der Waals surface area (Å²) in [6.07, 6.45) is 2.02. The smallest absolute Gasteiger partial charge is 0.251 e. The van der Waals surface area contributed by atoms with Gasteiger partial charge < -0.3 is 16.4 Å². The number of rotatable bonds is 6. The van der Waals surface area contributed by atoms with Crippen molar-refractivity contribution in [3.63, 3.8) is 0 Å². The summed E-state index contributed by atoms with van der Waals surface area (Å²) in [6.45, 7) is 0.390. The molecule has 2 heterocycles. The summed E-state index contributed by atoms with van der Waals surface area (Å²) >= 11 is 0. The zero-order chi connectivity index (χ0) is 22.7. The highest BCUT2D eigenvalue weighted by atomic mass is 19.1. The Kier molecular flexibility index (Phi) is 5.85. The van der Waals surface area contributed by atoms with E-state index >= 15 is 0 Å². The number of nitrogens with zero attached hydrogens (tertiary/aromatic N) is 3. The Balaban J connectivity index is 1.37. The Morgan fingerprint density at radius 2 is 2.03 bits per heavy atom. The van der Waals surface area contributed by atoms with Crippen molar-refractivity contribution in [2.24, 2.45) is 0 Å². The van der Waals surface area contributed by atoms with Crippen LogP contribution in [-0.4, -0.2) is 28.1 Å². The summed E-state index contributed by atoms with van der Waals surface area (Å²) < 4.78 is 14.6. The molecule has 0 spiro atoms. The van der Waals surface area contributed by atoms with E-state index in [4.69, 9.17) is 5.73 Å². The summed E-state index contributed by atoms with van der Waals surface area (Å²) in [6, 6.07) is 13.0. The lowest BCUT2D eigenvalue weighted by atomic mass is 10.00. The Morgan fingerprint density at radius 3 is 2.78 bits per heavy atom. The van der Waals surface area contributed by atoms with Gasteiger partial charge in [-0.1, -0.05) is 0 Å². The van der Waals surface area contributed by atoms with Gasteiger partial charge in [0.25, 0.3) is 5.91 Å². The van der Waals surface area contributed by atoms with Gasteiger partial charge in [-0.15, -0.1) is 0 Å². The predicted molar refractivity (Wildman–Crippen MR) is 117 cm³/mol. The first-order valence-corrected chi connectivity index (χ1v) is 10.2. The number of nitriles is 1. The van der Waals surface area contributed by atoms with Gasteiger partial charge >= 0.3 is 0 Å². The minimum Gasteiger partial charge on any atom is -0.382 e. The van der Waals surface area contributed by atoms with Gasteiger partial charge in [0.05, 0.1) is 11.4 Å². The molecule has 162 valence electrons. The molecule has 8 nitrogen and oxygen atoms in total. The summed E-state index contributed by atoms with van der Waals surface area (Å²) in [5.74, 6) is -0.408. The summed E-state index contributed by atoms with van der Waals surface area (Å²) in [5, 5.41) is 19.5. The number of fused-ring (bicyclic) bond motifs is 1. The van der Waals surface area contributed by atoms with Crippen molar-refractivity contribution in [3.8, 4) is 11.8 Å². The fourth-order valence-corrected chi connectivity index (χ4v) is 3.64. The van der Waals surface area contributed by atoms with Crippen LogP contribution in [0, 0.1) is 17.1 Å². The molecule has 4 rings (SSSR count). The van der Waals surface area contributed by atoms with Gasteiger partial charge in [-0.05, 0) is 67.3 Å². The first-order chi connectivity index (χ1) is 15.5. The molecule has 0 fully saturated rings. The standard InChI is InChI=1S/C23H21FN6O2/c24-16-5-7-17(8-6-16)30-22(26)18(13-25)20(29-30)2-1-11-27-23(32)15-3-9-19-14(12-15)4-10-21(31)28-19/h3,5-9,12H,1-2,4,10-11,26H2,(H,27,32)(H,28,31). The first kappa shape index (κ1) is 21.1. The fraction of sp³-hybridized carbons (Fsp3) is 0.217. The van der Waals surface area contributed by atoms with Crippen molar-refractivity contribution in [2.45, 2.75) is 25.7 Å². The second-order valence-corrected chi connectivity index (χ2v) is 7.49. The number of nitrogens with two attached hydrogens (primary N) is 1. The lowest BCUT2D eigenvalue weighted by Crippen LogP contribution is -2.26. The van der Waals surface area contributed by atoms with E-state index in [1.54, 1.807) is 18.2 Å². The van der Waals surface area contributed by atoms with E-state index in [1.807, 2.05) is 0 Å². The second kappa shape index (κ2) is 8.89. The number of anilines is 2. The van der Waals surface area contributed by atoms with E-state index in [-0.39, 0.29) is 29.0 Å². The van der Waals surface area contributed by atoms with Crippen LogP contribution in [0.5, 0.6) is 0 Å². The molecule has 0 unspecified atom stereocenters. The quantitative estimate of drug-likeness (QED) is 0.517. The van der Waals surface area contributed by atoms with Crippen molar-refractivity contribution in [3.05, 3.63) is 70.7 Å². The molecule has 0 saturated carbocycles. The number of carbonyl (C=O) groups is 2. The summed E-state index contributed by atoms with van der Waals surface area (Å²) in [4.78, 5) is 23.9. The van der Waals surface area contributed by atoms with Gasteiger partial charge in [0.15, 0.2) is 0 Å². The third-order valence-electron chi connectivity index (χ3n) is 5.32. The molecule has 2 aromatic carbocycles. The highest BCUT2D eigenvalue weighted by Gasteiger charge is 2.18. The summed E-state index contributed by atoms with van der Waals surface area (Å²) in [7, 11) is 0. The number of benzene rings is 2. The second-order valence-electron chi connectivity index (χ2n) is 7.49. The lowest BCUT2D eigenvalue weighted by molar-refractivity contribution is -0.116. The number of carbonyl (C=O) groups excluding carboxylic acids is 2. The van der Waals surface area contributed by atoms with E-state index in [2.05, 4.69) is 21.8 Å². The van der Waals surface area contributed by atoms with E-state index in [9.17, 15) is 19.2 Å². The van der Waals surface area contributed by atoms with Crippen LogP contribution in [0.15, 0.2) is 42.5 Å². The maximum Gasteiger partial charge on any atom is 0.251 e. The van der Waals surface area contributed by atoms with Gasteiger partial charge in [-0.25, -0.2) is 9.07 Å². The molecular formula is C23H21FN6O2. The molecule has 1 aromatic heterocycles. The summed E-state index contributed by atoms with van der Waals surface area (Å²) in [5.41, 5.74) is 9.64. The first-order valence-electron chi connectivity index (χ1n) is 10.2. The third kappa shape index (κ3) is 4.30. The normalized spacial score (nSPS) is 12.6. The Morgan fingerprint density at radius 1 is 1.25 bits per heavy atom. The van der Waals surface area contributed by atoms with E-state index < -0.39 is 0 Å². The maximum absolute atomic E-state index is 13.2. The molecule has 9 heteroatoms. The van der Waals surface area contributed by atoms with Crippen molar-refractivity contribution < 1.29 is 14.0 Å². The number of hydrogen-bond donors (Lipinski definition) is 3. The van der Waals surface area contributed by atoms with Gasteiger partial charge in [0, 0.05) is 24.2 Å². The third-order valence-corrected chi connectivity index (χ3v) is 5.32. The topological polar surface area (TPSA) is 126 Å². The fourth-order valence-electron chi connectivity index (χ4n) is 3.64. The molecule has 2 amide bonds. The highest BCUT2D eigenvalue weighted by Crippen LogP contribution is 2.24. The van der Waals surface area contributed by atoms with Crippen molar-refractivity contribution in [2.75, 3.05) is 17.6 Å². The Hall–Kier alpha value is -4.19. The van der Waals surface area contributed by atoms with E-state index in [0.717, 1.165) is 11.3 Å². The highest BCUT2D eigenvalue weighted by molar-refractivity contribution is 5.97. The van der Waals surface area contributed by atoms with Crippen molar-refractivity contribution in [1.82, 2.24) is 15.1 Å². The monoisotopic (exact) mass is 432 g/mol. The Labute approximate surface area is 183 Å². The molecular weight excluding hydrogens is 411 g/mol. The molecule has 1 aliphatic heterocycles. The van der Waals surface area contributed by atoms with Crippen LogP contribution in [0.3, 0.4) is 0 Å². The minimum absolute atomic E-state index is 0.0195. The Bertz CT molecular complexity index is 1230. The van der Waals surface area contributed by atoms with Gasteiger partial charge in [0.2, 0.25) is 5.91 Å². The van der Waals surface area contributed by atoms with Crippen molar-refractivity contribution >= 4 is 23.3 Å². The SMILES string of the molecule is N#Cc1c(CCCNC(=O)c2ccc3c(c2)CCC(=O)N3)nn(-c2ccc(F)cc2)c1N. The van der Waals surface area contributed by atoms with Gasteiger partial charge in [-0.2, -0.15) is 10.4 Å². The molecule has 3 aromatic rings. The van der Waals surface area contributed by atoms with Crippen LogP contribution in [0.25, 0.3) is 5.69 Å². The maximum atomic E-state index is 13.2. The average Bonchev–Trinajstić information content (AvgIpc) is 3.11. The lowest BCUT2D eigenvalue weighted by Gasteiger charge is -2.17. The number of nitrogens with one attached hydrogen (secondary N) is 2. The largest absolute Gasteiger partial charge is 0.382 e. The average molecular weight is 432 g/mol. The van der Waals surface area contributed by atoms with Crippen LogP contribution in [0.4, 0.5) is 15.9 Å². The zero-order valence-corrected chi connectivity index (χ0v) is 17.2. The van der Waals surface area contributed by atoms with E-state index in [0.29, 0.717) is 49.2 Å². The molecule has 0 saturated heterocycles. The molecule has 1 aliphatic rings. The number of hydrogen-bond acceptors (Lipinski definition) is 5. The van der Waals surface area contributed by atoms with E-state index in [1.165, 1.54) is 28.9 Å². The number of amides is 2. The van der Waals surface area contributed by atoms with Gasteiger partial charge in [0.1, 0.15) is 23.3 Å². The number of aryl methyl sites for hydroxylation is 2. The predicted octanol–water partition coefficient (Wildman–Crippen LogP) is 2.71. The minimum atomic E-state index is -0.375. The van der Waals surface area contributed by atoms with Crippen LogP contribution in [0.1, 0.15) is 40.0 Å². The molecule has 32 heavy (non-hydrogen) atoms.